The lowest BCUT2D eigenvalue weighted by molar-refractivity contribution is 0.00731. The predicted molar refractivity (Wildman–Crippen MR) is 63.4 cm³/mol. The summed E-state index contributed by atoms with van der Waals surface area (Å²) in [6, 6.07) is 4.30. The first-order chi connectivity index (χ1) is 7.85. The van der Waals surface area contributed by atoms with Gasteiger partial charge in [-0.25, -0.2) is 4.39 Å². The summed E-state index contributed by atoms with van der Waals surface area (Å²) in [7, 11) is 0. The smallest absolute Gasteiger partial charge is 0.165 e. The Balaban J connectivity index is 2.73. The third-order valence-electron chi connectivity index (χ3n) is 2.74. The number of aliphatic hydroxyl groups is 2. The average Bonchev–Trinajstić information content (AvgIpc) is 2.27. The first-order valence-electron chi connectivity index (χ1n) is 5.68. The van der Waals surface area contributed by atoms with E-state index in [1.807, 2.05) is 6.92 Å². The Morgan fingerprint density at radius 3 is 2.59 bits per heavy atom. The van der Waals surface area contributed by atoms with Crippen LogP contribution in [0.3, 0.4) is 0 Å². The topological polar surface area (TPSA) is 49.7 Å². The van der Waals surface area contributed by atoms with Crippen LogP contribution in [0.15, 0.2) is 18.2 Å². The molecule has 0 saturated heterocycles. The summed E-state index contributed by atoms with van der Waals surface area (Å²) in [5, 5.41) is 19.0. The van der Waals surface area contributed by atoms with Crippen LogP contribution in [0, 0.1) is 5.82 Å². The van der Waals surface area contributed by atoms with Crippen LogP contribution in [0.25, 0.3) is 0 Å². The van der Waals surface area contributed by atoms with Gasteiger partial charge in [0.1, 0.15) is 6.61 Å². The predicted octanol–water partition coefficient (Wildman–Crippen LogP) is 2.42. The van der Waals surface area contributed by atoms with Crippen LogP contribution in [-0.4, -0.2) is 22.4 Å². The van der Waals surface area contributed by atoms with Gasteiger partial charge in [0.25, 0.3) is 0 Å². The van der Waals surface area contributed by atoms with Gasteiger partial charge in [-0.05, 0) is 38.0 Å². The van der Waals surface area contributed by atoms with E-state index in [2.05, 4.69) is 0 Å². The lowest BCUT2D eigenvalue weighted by Gasteiger charge is -2.21. The second kappa shape index (κ2) is 5.47. The zero-order valence-corrected chi connectivity index (χ0v) is 10.4. The first kappa shape index (κ1) is 13.9. The van der Waals surface area contributed by atoms with Gasteiger partial charge in [0.05, 0.1) is 11.7 Å². The molecule has 0 fully saturated rings. The summed E-state index contributed by atoms with van der Waals surface area (Å²) < 4.78 is 18.8. The molecule has 0 radical (unpaired) electrons. The molecule has 3 nitrogen and oxygen atoms in total. The number of hydrogen-bond acceptors (Lipinski definition) is 3. The van der Waals surface area contributed by atoms with Crippen molar-refractivity contribution in [3.8, 4) is 5.75 Å². The standard InChI is InChI=1S/C13H19FO3/c1-4-13(3,16)8-17-12-6-5-10(9(2)15)7-11(12)14/h5-7,9,15-16H,4,8H2,1-3H3/t9-,13?/m0/s1. The fourth-order valence-electron chi connectivity index (χ4n) is 1.23. The maximum absolute atomic E-state index is 13.6. The van der Waals surface area contributed by atoms with Crippen molar-refractivity contribution in [3.63, 3.8) is 0 Å². The van der Waals surface area contributed by atoms with Crippen LogP contribution in [0.4, 0.5) is 4.39 Å². The molecule has 0 aliphatic rings. The minimum absolute atomic E-state index is 0.0362. The van der Waals surface area contributed by atoms with E-state index < -0.39 is 17.5 Å². The maximum Gasteiger partial charge on any atom is 0.165 e. The van der Waals surface area contributed by atoms with Crippen molar-refractivity contribution in [2.75, 3.05) is 6.61 Å². The molecule has 0 amide bonds. The van der Waals surface area contributed by atoms with Crippen LogP contribution < -0.4 is 4.74 Å². The van der Waals surface area contributed by atoms with E-state index in [0.717, 1.165) is 0 Å². The van der Waals surface area contributed by atoms with E-state index in [9.17, 15) is 14.6 Å². The molecule has 1 aromatic carbocycles. The molecule has 0 aliphatic heterocycles. The summed E-state index contributed by atoms with van der Waals surface area (Å²) in [5.74, 6) is -0.446. The number of halogens is 1. The van der Waals surface area contributed by atoms with Crippen molar-refractivity contribution in [1.82, 2.24) is 0 Å². The SMILES string of the molecule is CCC(C)(O)COc1ccc([C@H](C)O)cc1F. The molecule has 96 valence electrons. The van der Waals surface area contributed by atoms with Crippen molar-refractivity contribution in [2.45, 2.75) is 38.9 Å². The van der Waals surface area contributed by atoms with E-state index in [-0.39, 0.29) is 12.4 Å². The van der Waals surface area contributed by atoms with Crippen LogP contribution in [0.1, 0.15) is 38.9 Å². The van der Waals surface area contributed by atoms with E-state index in [1.165, 1.54) is 12.1 Å². The normalized spacial score (nSPS) is 16.4. The molecular weight excluding hydrogens is 223 g/mol. The lowest BCUT2D eigenvalue weighted by atomic mass is 10.1. The third kappa shape index (κ3) is 3.98. The Hall–Kier alpha value is -1.13. The van der Waals surface area contributed by atoms with Gasteiger partial charge in [-0.3, -0.25) is 0 Å². The molecule has 0 bridgehead atoms. The van der Waals surface area contributed by atoms with Gasteiger partial charge in [-0.1, -0.05) is 13.0 Å². The van der Waals surface area contributed by atoms with Crippen molar-refractivity contribution >= 4 is 0 Å². The van der Waals surface area contributed by atoms with Crippen LogP contribution in [-0.2, 0) is 0 Å². The van der Waals surface area contributed by atoms with Crippen LogP contribution in [0.2, 0.25) is 0 Å². The summed E-state index contributed by atoms with van der Waals surface area (Å²) in [4.78, 5) is 0. The van der Waals surface area contributed by atoms with Crippen LogP contribution >= 0.6 is 0 Å². The quantitative estimate of drug-likeness (QED) is 0.833. The number of hydrogen-bond donors (Lipinski definition) is 2. The van der Waals surface area contributed by atoms with Gasteiger partial charge in [0.15, 0.2) is 11.6 Å². The van der Waals surface area contributed by atoms with Gasteiger partial charge in [0, 0.05) is 0 Å². The summed E-state index contributed by atoms with van der Waals surface area (Å²) in [6.07, 6.45) is -0.183. The molecule has 0 saturated carbocycles. The van der Waals surface area contributed by atoms with Crippen molar-refractivity contribution in [3.05, 3.63) is 29.6 Å². The molecule has 0 spiro atoms. The molecule has 17 heavy (non-hydrogen) atoms. The number of aliphatic hydroxyl groups excluding tert-OH is 1. The molecule has 1 aromatic rings. The second-order valence-corrected chi connectivity index (χ2v) is 4.51. The monoisotopic (exact) mass is 242 g/mol. The highest BCUT2D eigenvalue weighted by molar-refractivity contribution is 5.30. The van der Waals surface area contributed by atoms with Crippen molar-refractivity contribution in [2.24, 2.45) is 0 Å². The molecular formula is C13H19FO3. The van der Waals surface area contributed by atoms with Gasteiger partial charge in [-0.15, -0.1) is 0 Å². The van der Waals surface area contributed by atoms with Crippen LogP contribution in [0.5, 0.6) is 5.75 Å². The molecule has 2 N–H and O–H groups in total. The summed E-state index contributed by atoms with van der Waals surface area (Å²) in [6.45, 7) is 5.07. The van der Waals surface area contributed by atoms with E-state index >= 15 is 0 Å². The Labute approximate surface area is 101 Å². The van der Waals surface area contributed by atoms with Crippen molar-refractivity contribution in [1.29, 1.82) is 0 Å². The highest BCUT2D eigenvalue weighted by Crippen LogP contribution is 2.23. The van der Waals surface area contributed by atoms with Gasteiger partial charge >= 0.3 is 0 Å². The highest BCUT2D eigenvalue weighted by Gasteiger charge is 2.19. The summed E-state index contributed by atoms with van der Waals surface area (Å²) >= 11 is 0. The zero-order valence-electron chi connectivity index (χ0n) is 10.4. The molecule has 4 heteroatoms. The number of ether oxygens (including phenoxy) is 1. The minimum atomic E-state index is -0.963. The van der Waals surface area contributed by atoms with Crippen molar-refractivity contribution < 1.29 is 19.3 Å². The largest absolute Gasteiger partial charge is 0.488 e. The Morgan fingerprint density at radius 1 is 1.47 bits per heavy atom. The van der Waals surface area contributed by atoms with E-state index in [4.69, 9.17) is 4.74 Å². The van der Waals surface area contributed by atoms with E-state index in [1.54, 1.807) is 19.9 Å². The summed E-state index contributed by atoms with van der Waals surface area (Å²) in [5.41, 5.74) is -0.466. The first-order valence-corrected chi connectivity index (χ1v) is 5.68. The average molecular weight is 242 g/mol. The fraction of sp³-hybridized carbons (Fsp3) is 0.538. The molecule has 0 heterocycles. The lowest BCUT2D eigenvalue weighted by Crippen LogP contribution is -2.31. The molecule has 2 atom stereocenters. The van der Waals surface area contributed by atoms with E-state index in [0.29, 0.717) is 12.0 Å². The fourth-order valence-corrected chi connectivity index (χ4v) is 1.23. The third-order valence-corrected chi connectivity index (χ3v) is 2.74. The second-order valence-electron chi connectivity index (χ2n) is 4.51. The molecule has 1 unspecified atom stereocenters. The highest BCUT2D eigenvalue weighted by atomic mass is 19.1. The van der Waals surface area contributed by atoms with Gasteiger partial charge < -0.3 is 14.9 Å². The van der Waals surface area contributed by atoms with Gasteiger partial charge in [0.2, 0.25) is 0 Å². The number of benzene rings is 1. The maximum atomic E-state index is 13.6. The Morgan fingerprint density at radius 2 is 2.12 bits per heavy atom. The zero-order chi connectivity index (χ0) is 13.1. The Kier molecular flexibility index (Phi) is 4.48. The molecule has 1 rings (SSSR count). The van der Waals surface area contributed by atoms with Gasteiger partial charge in [-0.2, -0.15) is 0 Å². The minimum Gasteiger partial charge on any atom is -0.488 e. The molecule has 0 aliphatic carbocycles. The number of rotatable bonds is 5. The molecule has 0 aromatic heterocycles. The Bertz CT molecular complexity index is 375.